The van der Waals surface area contributed by atoms with Gasteiger partial charge in [0.05, 0.1) is 11.1 Å². The van der Waals surface area contributed by atoms with E-state index in [0.717, 1.165) is 12.1 Å². The largest absolute Gasteiger partial charge is 0.272 e. The fraction of sp³-hybridized carbons (Fsp3) is 0.0667. The molecule has 0 saturated heterocycles. The molecule has 3 aromatic heterocycles. The van der Waals surface area contributed by atoms with Crippen molar-refractivity contribution in [1.29, 1.82) is 0 Å². The average Bonchev–Trinajstić information content (AvgIpc) is 3.07. The first-order chi connectivity index (χ1) is 9.42. The second-order valence-electron chi connectivity index (χ2n) is 4.85. The molecule has 19 heavy (non-hydrogen) atoms. The van der Waals surface area contributed by atoms with E-state index in [1.54, 1.807) is 0 Å². The summed E-state index contributed by atoms with van der Waals surface area (Å²) in [4.78, 5) is 1.24. The number of nitrogens with zero attached hydrogens (tertiary/aromatic N) is 3. The van der Waals surface area contributed by atoms with Gasteiger partial charge in [-0.3, -0.25) is 0 Å². The molecule has 0 spiro atoms. The van der Waals surface area contributed by atoms with Gasteiger partial charge in [0.25, 0.3) is 5.01 Å². The normalized spacial score (nSPS) is 13.1. The molecular weight excluding hydrogens is 254 g/mol. The van der Waals surface area contributed by atoms with E-state index in [-0.39, 0.29) is 0 Å². The molecule has 4 heteroatoms. The van der Waals surface area contributed by atoms with Crippen LogP contribution in [0.1, 0.15) is 5.56 Å². The first-order valence-corrected chi connectivity index (χ1v) is 7.11. The summed E-state index contributed by atoms with van der Waals surface area (Å²) < 4.78 is 4.44. The Hall–Kier alpha value is -2.20. The topological polar surface area (TPSA) is 21.2 Å². The predicted molar refractivity (Wildman–Crippen MR) is 75.3 cm³/mol. The van der Waals surface area contributed by atoms with Crippen molar-refractivity contribution in [3.63, 3.8) is 0 Å². The molecule has 1 aromatic carbocycles. The summed E-state index contributed by atoms with van der Waals surface area (Å²) in [5.74, 6) is 0. The molecule has 0 N–H and O–H groups in total. The van der Waals surface area contributed by atoms with E-state index in [4.69, 9.17) is 0 Å². The summed E-state index contributed by atoms with van der Waals surface area (Å²) in [5, 5.41) is 5.80. The van der Waals surface area contributed by atoms with Gasteiger partial charge >= 0.3 is 0 Å². The van der Waals surface area contributed by atoms with Crippen LogP contribution >= 0.6 is 11.3 Å². The minimum absolute atomic E-state index is 0.975. The maximum absolute atomic E-state index is 4.45. The molecule has 0 bridgehead atoms. The van der Waals surface area contributed by atoms with Crippen LogP contribution in [0.5, 0.6) is 0 Å². The van der Waals surface area contributed by atoms with Gasteiger partial charge in [-0.25, -0.2) is 4.52 Å². The maximum Gasteiger partial charge on any atom is 0.272 e. The van der Waals surface area contributed by atoms with E-state index in [1.807, 2.05) is 28.1 Å². The standard InChI is InChI=1S/C15H10N3S/c1-2-6-12-10(4-1)9-17-13-8-11-5-3-7-16-18(11)15(13)19-14(12)17/h1-8H,9H2/q+1. The Balaban J connectivity index is 1.93. The molecular formula is C15H10N3S+. The summed E-state index contributed by atoms with van der Waals surface area (Å²) in [6, 6.07) is 15.0. The minimum atomic E-state index is 0.975. The zero-order valence-electron chi connectivity index (χ0n) is 10.1. The van der Waals surface area contributed by atoms with Crippen molar-refractivity contribution >= 4 is 27.2 Å². The zero-order valence-corrected chi connectivity index (χ0v) is 10.9. The number of hydrogen-bond donors (Lipinski definition) is 0. The van der Waals surface area contributed by atoms with E-state index in [9.17, 15) is 0 Å². The van der Waals surface area contributed by atoms with Gasteiger partial charge in [0, 0.05) is 17.8 Å². The Labute approximate surface area is 113 Å². The second-order valence-corrected chi connectivity index (χ2v) is 5.82. The van der Waals surface area contributed by atoms with Gasteiger partial charge in [-0.15, -0.1) is 0 Å². The third-order valence-electron chi connectivity index (χ3n) is 3.78. The number of rotatable bonds is 0. The lowest BCUT2D eigenvalue weighted by molar-refractivity contribution is -0.641. The Bertz CT molecular complexity index is 949. The summed E-state index contributed by atoms with van der Waals surface area (Å²) in [6.45, 7) is 0.975. The summed E-state index contributed by atoms with van der Waals surface area (Å²) in [7, 11) is 0. The SMILES string of the molecule is c1ccc2c(c1)C[n+]1c-2sc2c1cc1cccnn12. The number of hydrogen-bond acceptors (Lipinski definition) is 2. The van der Waals surface area contributed by atoms with Crippen molar-refractivity contribution in [2.45, 2.75) is 6.54 Å². The van der Waals surface area contributed by atoms with Crippen LogP contribution in [-0.4, -0.2) is 9.61 Å². The molecule has 4 aromatic rings. The summed E-state index contributed by atoms with van der Waals surface area (Å²) in [5.41, 5.74) is 5.23. The number of aromatic nitrogens is 3. The van der Waals surface area contributed by atoms with Crippen LogP contribution in [0.3, 0.4) is 0 Å². The first kappa shape index (κ1) is 9.69. The second kappa shape index (κ2) is 3.22. The van der Waals surface area contributed by atoms with Crippen LogP contribution in [0.15, 0.2) is 48.7 Å². The lowest BCUT2D eigenvalue weighted by Crippen LogP contribution is -2.29. The highest BCUT2D eigenvalue weighted by molar-refractivity contribution is 7.20. The van der Waals surface area contributed by atoms with Crippen molar-refractivity contribution in [3.8, 4) is 10.6 Å². The van der Waals surface area contributed by atoms with Gasteiger partial charge in [-0.05, 0) is 29.5 Å². The predicted octanol–water partition coefficient (Wildman–Crippen LogP) is 2.87. The van der Waals surface area contributed by atoms with Crippen LogP contribution in [0.2, 0.25) is 0 Å². The van der Waals surface area contributed by atoms with Crippen molar-refractivity contribution < 1.29 is 4.57 Å². The van der Waals surface area contributed by atoms with Gasteiger partial charge < -0.3 is 0 Å². The molecule has 0 amide bonds. The molecule has 90 valence electrons. The lowest BCUT2D eigenvalue weighted by Gasteiger charge is -1.91. The quantitative estimate of drug-likeness (QED) is 0.394. The van der Waals surface area contributed by atoms with Crippen molar-refractivity contribution in [3.05, 3.63) is 54.2 Å². The first-order valence-electron chi connectivity index (χ1n) is 6.29. The molecule has 0 fully saturated rings. The highest BCUT2D eigenvalue weighted by atomic mass is 32.1. The van der Waals surface area contributed by atoms with E-state index in [1.165, 1.54) is 26.5 Å². The zero-order chi connectivity index (χ0) is 12.4. The Morgan fingerprint density at radius 3 is 3.11 bits per heavy atom. The number of fused-ring (bicyclic) bond motifs is 7. The lowest BCUT2D eigenvalue weighted by atomic mass is 10.1. The fourth-order valence-corrected chi connectivity index (χ4v) is 4.19. The van der Waals surface area contributed by atoms with Crippen LogP contribution in [0.4, 0.5) is 0 Å². The van der Waals surface area contributed by atoms with E-state index >= 15 is 0 Å². The Morgan fingerprint density at radius 1 is 1.16 bits per heavy atom. The van der Waals surface area contributed by atoms with E-state index in [0.29, 0.717) is 0 Å². The molecule has 1 aliphatic heterocycles. The van der Waals surface area contributed by atoms with Crippen molar-refractivity contribution in [2.24, 2.45) is 0 Å². The van der Waals surface area contributed by atoms with Crippen LogP contribution in [0, 0.1) is 0 Å². The van der Waals surface area contributed by atoms with Crippen molar-refractivity contribution in [2.75, 3.05) is 0 Å². The van der Waals surface area contributed by atoms with Gasteiger partial charge in [-0.2, -0.15) is 9.67 Å². The molecule has 4 heterocycles. The highest BCUT2D eigenvalue weighted by Crippen LogP contribution is 2.36. The average molecular weight is 264 g/mol. The molecule has 1 aliphatic rings. The monoisotopic (exact) mass is 264 g/mol. The van der Waals surface area contributed by atoms with Gasteiger partial charge in [0.2, 0.25) is 5.52 Å². The third kappa shape index (κ3) is 1.12. The molecule has 0 aliphatic carbocycles. The molecule has 5 rings (SSSR count). The number of benzene rings is 1. The smallest absolute Gasteiger partial charge is 0.217 e. The number of thiazole rings is 1. The summed E-state index contributed by atoms with van der Waals surface area (Å²) in [6.07, 6.45) is 1.84. The molecule has 0 radical (unpaired) electrons. The van der Waals surface area contributed by atoms with Gasteiger partial charge in [0.1, 0.15) is 0 Å². The molecule has 0 atom stereocenters. The minimum Gasteiger partial charge on any atom is -0.217 e. The molecule has 3 nitrogen and oxygen atoms in total. The van der Waals surface area contributed by atoms with E-state index < -0.39 is 0 Å². The molecule has 0 unspecified atom stereocenters. The Morgan fingerprint density at radius 2 is 2.11 bits per heavy atom. The van der Waals surface area contributed by atoms with E-state index in [2.05, 4.69) is 46.1 Å². The van der Waals surface area contributed by atoms with Crippen LogP contribution in [0.25, 0.3) is 26.4 Å². The summed E-state index contributed by atoms with van der Waals surface area (Å²) >= 11 is 1.83. The van der Waals surface area contributed by atoms with Crippen LogP contribution < -0.4 is 4.57 Å². The highest BCUT2D eigenvalue weighted by Gasteiger charge is 2.32. The maximum atomic E-state index is 4.45. The van der Waals surface area contributed by atoms with Crippen molar-refractivity contribution in [1.82, 2.24) is 9.61 Å². The van der Waals surface area contributed by atoms with Crippen LogP contribution in [-0.2, 0) is 6.54 Å². The van der Waals surface area contributed by atoms with Gasteiger partial charge in [-0.1, -0.05) is 18.2 Å². The third-order valence-corrected chi connectivity index (χ3v) is 4.99. The molecule has 0 saturated carbocycles. The Kier molecular flexibility index (Phi) is 1.64. The fourth-order valence-electron chi connectivity index (χ4n) is 2.91. The van der Waals surface area contributed by atoms with Gasteiger partial charge in [0.15, 0.2) is 11.4 Å².